The third kappa shape index (κ3) is 2.85. The second-order valence-electron chi connectivity index (χ2n) is 3.56. The normalized spacial score (nSPS) is 11.5. The van der Waals surface area contributed by atoms with Gasteiger partial charge in [-0.3, -0.25) is 4.72 Å². The van der Waals surface area contributed by atoms with Crippen molar-refractivity contribution in [3.63, 3.8) is 0 Å². The number of hydrogen-bond acceptors (Lipinski definition) is 3. The summed E-state index contributed by atoms with van der Waals surface area (Å²) in [6.45, 7) is 1.67. The molecule has 18 heavy (non-hydrogen) atoms. The Balaban J connectivity index is 2.36. The highest BCUT2D eigenvalue weighted by atomic mass is 79.9. The fraction of sp³-hybridized carbons (Fsp3) is 0.100. The highest BCUT2D eigenvalue weighted by Gasteiger charge is 2.18. The van der Waals surface area contributed by atoms with Gasteiger partial charge < -0.3 is 4.98 Å². The first kappa shape index (κ1) is 13.4. The maximum atomic E-state index is 12.0. The van der Waals surface area contributed by atoms with E-state index in [9.17, 15) is 8.42 Å². The highest BCUT2D eigenvalue weighted by Crippen LogP contribution is 2.27. The van der Waals surface area contributed by atoms with E-state index >= 15 is 0 Å². The summed E-state index contributed by atoms with van der Waals surface area (Å²) in [5, 5.41) is 0.314. The van der Waals surface area contributed by atoms with Gasteiger partial charge in [0.25, 0.3) is 10.0 Å². The number of anilines is 1. The predicted octanol–water partition coefficient (Wildman–Crippen LogP) is 2.93. The van der Waals surface area contributed by atoms with Gasteiger partial charge in [0.1, 0.15) is 5.82 Å². The number of rotatable bonds is 3. The lowest BCUT2D eigenvalue weighted by atomic mass is 10.3. The fourth-order valence-electron chi connectivity index (χ4n) is 1.31. The van der Waals surface area contributed by atoms with Gasteiger partial charge in [-0.15, -0.1) is 0 Å². The lowest BCUT2D eigenvalue weighted by Crippen LogP contribution is -2.13. The lowest BCUT2D eigenvalue weighted by molar-refractivity contribution is 0.598. The Morgan fingerprint density at radius 2 is 2.17 bits per heavy atom. The number of nitrogens with one attached hydrogen (secondary N) is 2. The third-order valence-electron chi connectivity index (χ3n) is 2.14. The van der Waals surface area contributed by atoms with E-state index in [0.717, 1.165) is 4.47 Å². The first-order valence-corrected chi connectivity index (χ1v) is 7.53. The number of aromatic nitrogens is 2. The summed E-state index contributed by atoms with van der Waals surface area (Å²) in [7, 11) is -3.71. The van der Waals surface area contributed by atoms with Gasteiger partial charge in [-0.2, -0.15) is 8.42 Å². The molecule has 0 aliphatic carbocycles. The summed E-state index contributed by atoms with van der Waals surface area (Å²) < 4.78 is 27.2. The molecule has 0 unspecified atom stereocenters. The zero-order chi connectivity index (χ0) is 13.3. The van der Waals surface area contributed by atoms with E-state index in [1.807, 2.05) is 0 Å². The van der Waals surface area contributed by atoms with Gasteiger partial charge in [0.05, 0.1) is 16.9 Å². The van der Waals surface area contributed by atoms with Crippen LogP contribution in [0.2, 0.25) is 5.02 Å². The van der Waals surface area contributed by atoms with Crippen molar-refractivity contribution in [2.24, 2.45) is 0 Å². The topological polar surface area (TPSA) is 74.8 Å². The first-order valence-electron chi connectivity index (χ1n) is 4.88. The molecule has 2 N–H and O–H groups in total. The van der Waals surface area contributed by atoms with E-state index in [-0.39, 0.29) is 5.03 Å². The number of nitrogens with zero attached hydrogens (tertiary/aromatic N) is 1. The monoisotopic (exact) mass is 349 g/mol. The van der Waals surface area contributed by atoms with Crippen molar-refractivity contribution in [2.45, 2.75) is 11.9 Å². The number of aryl methyl sites for hydroxylation is 1. The van der Waals surface area contributed by atoms with Crippen molar-refractivity contribution in [3.05, 3.63) is 39.7 Å². The highest BCUT2D eigenvalue weighted by molar-refractivity contribution is 9.10. The number of hydrogen-bond donors (Lipinski definition) is 2. The van der Waals surface area contributed by atoms with Crippen LogP contribution in [0.5, 0.6) is 0 Å². The van der Waals surface area contributed by atoms with E-state index in [1.54, 1.807) is 25.1 Å². The Morgan fingerprint density at radius 1 is 1.44 bits per heavy atom. The molecule has 0 aliphatic heterocycles. The molecule has 1 aromatic heterocycles. The van der Waals surface area contributed by atoms with Gasteiger partial charge in [-0.25, -0.2) is 4.98 Å². The third-order valence-corrected chi connectivity index (χ3v) is 4.24. The summed E-state index contributed by atoms with van der Waals surface area (Å²) in [4.78, 5) is 6.50. The molecule has 0 aliphatic rings. The summed E-state index contributed by atoms with van der Waals surface area (Å²) in [6.07, 6.45) is 1.25. The molecule has 0 saturated heterocycles. The van der Waals surface area contributed by atoms with E-state index in [1.165, 1.54) is 6.20 Å². The predicted molar refractivity (Wildman–Crippen MR) is 73.3 cm³/mol. The molecule has 0 spiro atoms. The van der Waals surface area contributed by atoms with Crippen LogP contribution < -0.4 is 4.72 Å². The molecule has 0 fully saturated rings. The number of sulfonamides is 1. The Bertz CT molecular complexity index is 684. The van der Waals surface area contributed by atoms with Crippen molar-refractivity contribution in [1.82, 2.24) is 9.97 Å². The molecule has 0 atom stereocenters. The average molecular weight is 351 g/mol. The molecule has 0 radical (unpaired) electrons. The second-order valence-corrected chi connectivity index (χ2v) is 6.54. The molecule has 0 saturated carbocycles. The minimum atomic E-state index is -3.71. The first-order chi connectivity index (χ1) is 8.38. The molecule has 96 valence electrons. The quantitative estimate of drug-likeness (QED) is 0.893. The molecule has 0 bridgehead atoms. The molecule has 2 aromatic rings. The van der Waals surface area contributed by atoms with Gasteiger partial charge in [-0.05, 0) is 25.1 Å². The van der Waals surface area contributed by atoms with Gasteiger partial charge in [-0.1, -0.05) is 27.5 Å². The van der Waals surface area contributed by atoms with Crippen molar-refractivity contribution < 1.29 is 8.42 Å². The van der Waals surface area contributed by atoms with Crippen LogP contribution in [0.3, 0.4) is 0 Å². The minimum absolute atomic E-state index is 0.00366. The molecule has 0 amide bonds. The molecular weight excluding hydrogens is 342 g/mol. The second kappa shape index (κ2) is 4.91. The maximum Gasteiger partial charge on any atom is 0.279 e. The standard InChI is InChI=1S/C10H9BrClN3O2S/c1-6-13-5-10(14-6)18(16,17)15-9-4-7(11)2-3-8(9)12/h2-5,15H,1H3,(H,13,14). The fourth-order valence-corrected chi connectivity index (χ4v) is 2.93. The summed E-state index contributed by atoms with van der Waals surface area (Å²) in [5.74, 6) is 0.524. The minimum Gasteiger partial charge on any atom is -0.332 e. The summed E-state index contributed by atoms with van der Waals surface area (Å²) in [5.41, 5.74) is 0.304. The maximum absolute atomic E-state index is 12.0. The van der Waals surface area contributed by atoms with E-state index in [4.69, 9.17) is 11.6 Å². The zero-order valence-electron chi connectivity index (χ0n) is 9.24. The molecule has 8 heteroatoms. The van der Waals surface area contributed by atoms with Crippen molar-refractivity contribution in [2.75, 3.05) is 4.72 Å². The SMILES string of the molecule is Cc1ncc(S(=O)(=O)Nc2cc(Br)ccc2Cl)[nH]1. The summed E-state index contributed by atoms with van der Waals surface area (Å²) >= 11 is 9.17. The Kier molecular flexibility index (Phi) is 3.65. The summed E-state index contributed by atoms with van der Waals surface area (Å²) in [6, 6.07) is 4.91. The molecule has 1 aromatic carbocycles. The van der Waals surface area contributed by atoms with E-state index in [0.29, 0.717) is 16.5 Å². The smallest absolute Gasteiger partial charge is 0.279 e. The van der Waals surface area contributed by atoms with Gasteiger partial charge >= 0.3 is 0 Å². The van der Waals surface area contributed by atoms with Crippen LogP contribution in [-0.4, -0.2) is 18.4 Å². The van der Waals surface area contributed by atoms with Crippen LogP contribution in [0.25, 0.3) is 0 Å². The van der Waals surface area contributed by atoms with E-state index in [2.05, 4.69) is 30.6 Å². The molecule has 1 heterocycles. The molecular formula is C10H9BrClN3O2S. The Labute approximate surface area is 118 Å². The van der Waals surface area contributed by atoms with Crippen molar-refractivity contribution in [1.29, 1.82) is 0 Å². The van der Waals surface area contributed by atoms with Gasteiger partial charge in [0.2, 0.25) is 0 Å². The van der Waals surface area contributed by atoms with Crippen molar-refractivity contribution in [3.8, 4) is 0 Å². The number of benzene rings is 1. The lowest BCUT2D eigenvalue weighted by Gasteiger charge is -2.08. The number of H-pyrrole nitrogens is 1. The number of imidazole rings is 1. The Morgan fingerprint density at radius 3 is 2.78 bits per heavy atom. The van der Waals surface area contributed by atoms with Crippen molar-refractivity contribution >= 4 is 43.2 Å². The molecule has 2 rings (SSSR count). The van der Waals surface area contributed by atoms with Gasteiger partial charge in [0, 0.05) is 4.47 Å². The largest absolute Gasteiger partial charge is 0.332 e. The van der Waals surface area contributed by atoms with Crippen LogP contribution in [0.4, 0.5) is 5.69 Å². The van der Waals surface area contributed by atoms with Crippen LogP contribution in [0, 0.1) is 6.92 Å². The zero-order valence-corrected chi connectivity index (χ0v) is 12.4. The van der Waals surface area contributed by atoms with Crippen LogP contribution in [-0.2, 0) is 10.0 Å². The van der Waals surface area contributed by atoms with Gasteiger partial charge in [0.15, 0.2) is 5.03 Å². The van der Waals surface area contributed by atoms with Crippen LogP contribution in [0.1, 0.15) is 5.82 Å². The average Bonchev–Trinajstić information content (AvgIpc) is 2.71. The van der Waals surface area contributed by atoms with Crippen LogP contribution in [0.15, 0.2) is 33.9 Å². The number of aromatic amines is 1. The van der Waals surface area contributed by atoms with Crippen LogP contribution >= 0.6 is 27.5 Å². The number of halogens is 2. The Hall–Kier alpha value is -1.05. The van der Waals surface area contributed by atoms with E-state index < -0.39 is 10.0 Å². The molecule has 5 nitrogen and oxygen atoms in total.